The van der Waals surface area contributed by atoms with E-state index in [-0.39, 0.29) is 11.4 Å². The van der Waals surface area contributed by atoms with E-state index in [0.29, 0.717) is 16.7 Å². The van der Waals surface area contributed by atoms with Crippen LogP contribution < -0.4 is 9.62 Å². The average molecular weight is 341 g/mol. The van der Waals surface area contributed by atoms with Crippen LogP contribution in [0.5, 0.6) is 0 Å². The topological polar surface area (TPSA) is 75.2 Å². The molecule has 0 amide bonds. The Labute approximate surface area is 135 Å². The fourth-order valence-electron chi connectivity index (χ4n) is 1.79. The van der Waals surface area contributed by atoms with E-state index in [4.69, 9.17) is 11.6 Å². The lowest BCUT2D eigenvalue weighted by molar-refractivity contribution is 0.580. The highest BCUT2D eigenvalue weighted by Crippen LogP contribution is 2.16. The van der Waals surface area contributed by atoms with Gasteiger partial charge in [0.15, 0.2) is 0 Å². The van der Waals surface area contributed by atoms with Crippen LogP contribution in [0.1, 0.15) is 11.4 Å². The minimum absolute atomic E-state index is 0.0824. The molecule has 1 aromatic carbocycles. The van der Waals surface area contributed by atoms with Crippen LogP contribution in [0.15, 0.2) is 35.2 Å². The molecule has 0 fully saturated rings. The lowest BCUT2D eigenvalue weighted by atomic mass is 10.3. The Hall–Kier alpha value is -1.70. The molecule has 0 unspecified atom stereocenters. The van der Waals surface area contributed by atoms with Crippen LogP contribution >= 0.6 is 11.6 Å². The summed E-state index contributed by atoms with van der Waals surface area (Å²) in [5, 5.41) is 0.371. The third kappa shape index (κ3) is 4.16. The Morgan fingerprint density at radius 2 is 1.95 bits per heavy atom. The van der Waals surface area contributed by atoms with E-state index in [1.54, 1.807) is 23.1 Å². The number of nitrogens with zero attached hydrogens (tertiary/aromatic N) is 3. The largest absolute Gasteiger partial charge is 0.347 e. The zero-order valence-corrected chi connectivity index (χ0v) is 14.1. The third-order valence-electron chi connectivity index (χ3n) is 2.85. The van der Waals surface area contributed by atoms with Gasteiger partial charge in [-0.2, -0.15) is 0 Å². The van der Waals surface area contributed by atoms with E-state index >= 15 is 0 Å². The summed E-state index contributed by atoms with van der Waals surface area (Å²) < 4.78 is 27.0. The smallest absolute Gasteiger partial charge is 0.240 e. The molecule has 0 saturated carbocycles. The first-order chi connectivity index (χ1) is 10.3. The monoisotopic (exact) mass is 340 g/mol. The number of halogens is 1. The maximum Gasteiger partial charge on any atom is 0.240 e. The molecule has 8 heteroatoms. The van der Waals surface area contributed by atoms with Crippen LogP contribution in [0, 0.1) is 6.92 Å². The van der Waals surface area contributed by atoms with Crippen LogP contribution in [0.4, 0.5) is 5.95 Å². The summed E-state index contributed by atoms with van der Waals surface area (Å²) in [6.45, 7) is 1.92. The Kier molecular flexibility index (Phi) is 5.00. The highest BCUT2D eigenvalue weighted by Gasteiger charge is 2.15. The van der Waals surface area contributed by atoms with Gasteiger partial charge >= 0.3 is 0 Å². The van der Waals surface area contributed by atoms with Crippen molar-refractivity contribution in [1.29, 1.82) is 0 Å². The first-order valence-electron chi connectivity index (χ1n) is 6.55. The molecule has 1 heterocycles. The van der Waals surface area contributed by atoms with Crippen molar-refractivity contribution in [2.75, 3.05) is 19.0 Å². The lowest BCUT2D eigenvalue weighted by Gasteiger charge is -2.13. The summed E-state index contributed by atoms with van der Waals surface area (Å²) in [7, 11) is 0.0208. The van der Waals surface area contributed by atoms with Gasteiger partial charge in [-0.05, 0) is 31.2 Å². The van der Waals surface area contributed by atoms with Crippen LogP contribution in [0.3, 0.4) is 0 Å². The van der Waals surface area contributed by atoms with E-state index in [1.807, 2.05) is 21.0 Å². The Morgan fingerprint density at radius 1 is 1.23 bits per heavy atom. The number of aromatic nitrogens is 2. The summed E-state index contributed by atoms with van der Waals surface area (Å²) in [6.07, 6.45) is 0. The third-order valence-corrected chi connectivity index (χ3v) is 4.48. The predicted octanol–water partition coefficient (Wildman–Crippen LogP) is 1.98. The Bertz CT molecular complexity index is 778. The fraction of sp³-hybridized carbons (Fsp3) is 0.286. The van der Waals surface area contributed by atoms with Gasteiger partial charge in [0, 0.05) is 24.8 Å². The number of aryl methyl sites for hydroxylation is 1. The molecule has 0 bridgehead atoms. The molecular formula is C14H17ClN4O2S. The molecule has 2 rings (SSSR count). The number of hydrogen-bond donors (Lipinski definition) is 1. The van der Waals surface area contributed by atoms with E-state index in [9.17, 15) is 8.42 Å². The van der Waals surface area contributed by atoms with E-state index < -0.39 is 10.0 Å². The van der Waals surface area contributed by atoms with Gasteiger partial charge in [0.25, 0.3) is 0 Å². The van der Waals surface area contributed by atoms with Crippen molar-refractivity contribution in [3.05, 3.63) is 46.7 Å². The maximum absolute atomic E-state index is 12.2. The summed E-state index contributed by atoms with van der Waals surface area (Å²) in [5.74, 6) is 0.539. The summed E-state index contributed by atoms with van der Waals surface area (Å²) >= 11 is 5.83. The average Bonchev–Trinajstić information content (AvgIpc) is 2.45. The lowest BCUT2D eigenvalue weighted by Crippen LogP contribution is -2.24. The molecule has 22 heavy (non-hydrogen) atoms. The number of nitrogens with one attached hydrogen (secondary N) is 1. The minimum Gasteiger partial charge on any atom is -0.347 e. The fourth-order valence-corrected chi connectivity index (χ4v) is 3.09. The summed E-state index contributed by atoms with van der Waals surface area (Å²) in [4.78, 5) is 10.5. The van der Waals surface area contributed by atoms with Crippen molar-refractivity contribution >= 4 is 27.6 Å². The van der Waals surface area contributed by atoms with E-state index in [0.717, 1.165) is 5.69 Å². The molecule has 2 aromatic rings. The zero-order chi connectivity index (χ0) is 16.3. The van der Waals surface area contributed by atoms with Gasteiger partial charge in [0.2, 0.25) is 16.0 Å². The first kappa shape index (κ1) is 16.7. The molecule has 1 aromatic heterocycles. The maximum atomic E-state index is 12.2. The van der Waals surface area contributed by atoms with Crippen LogP contribution in [-0.4, -0.2) is 32.5 Å². The number of benzene rings is 1. The molecule has 1 N–H and O–H groups in total. The number of sulfonamides is 1. The molecule has 0 spiro atoms. The molecule has 118 valence electrons. The molecule has 0 radical (unpaired) electrons. The quantitative estimate of drug-likeness (QED) is 0.900. The highest BCUT2D eigenvalue weighted by atomic mass is 35.5. The number of rotatable bonds is 5. The molecule has 0 saturated heterocycles. The van der Waals surface area contributed by atoms with Crippen molar-refractivity contribution in [2.24, 2.45) is 0 Å². The normalized spacial score (nSPS) is 11.5. The summed E-state index contributed by atoms with van der Waals surface area (Å²) in [6, 6.07) is 7.85. The van der Waals surface area contributed by atoms with Gasteiger partial charge in [0.05, 0.1) is 17.1 Å². The number of anilines is 1. The Balaban J connectivity index is 2.19. The highest BCUT2D eigenvalue weighted by molar-refractivity contribution is 7.89. The first-order valence-corrected chi connectivity index (χ1v) is 8.41. The van der Waals surface area contributed by atoms with Gasteiger partial charge in [-0.25, -0.2) is 23.1 Å². The zero-order valence-electron chi connectivity index (χ0n) is 12.5. The molecule has 0 atom stereocenters. The van der Waals surface area contributed by atoms with Gasteiger partial charge in [-0.15, -0.1) is 0 Å². The second kappa shape index (κ2) is 6.60. The predicted molar refractivity (Wildman–Crippen MR) is 86.6 cm³/mol. The SMILES string of the molecule is Cc1cc(CNS(=O)(=O)c2cccc(Cl)c2)nc(N(C)C)n1. The Morgan fingerprint density at radius 3 is 2.59 bits per heavy atom. The second-order valence-electron chi connectivity index (χ2n) is 4.98. The number of hydrogen-bond acceptors (Lipinski definition) is 5. The molecule has 6 nitrogen and oxygen atoms in total. The van der Waals surface area contributed by atoms with Crippen molar-refractivity contribution < 1.29 is 8.42 Å². The minimum atomic E-state index is -3.64. The molecule has 0 aliphatic heterocycles. The van der Waals surface area contributed by atoms with Gasteiger partial charge < -0.3 is 4.90 Å². The van der Waals surface area contributed by atoms with E-state index in [1.165, 1.54) is 12.1 Å². The standard InChI is InChI=1S/C14H17ClN4O2S/c1-10-7-12(18-14(17-10)19(2)3)9-16-22(20,21)13-6-4-5-11(15)8-13/h4-8,16H,9H2,1-3H3. The molecular weight excluding hydrogens is 324 g/mol. The molecule has 0 aliphatic rings. The van der Waals surface area contributed by atoms with Crippen LogP contribution in [0.25, 0.3) is 0 Å². The van der Waals surface area contributed by atoms with Crippen molar-refractivity contribution in [1.82, 2.24) is 14.7 Å². The molecule has 0 aliphatic carbocycles. The van der Waals surface area contributed by atoms with Gasteiger partial charge in [0.1, 0.15) is 0 Å². The van der Waals surface area contributed by atoms with Crippen molar-refractivity contribution in [2.45, 2.75) is 18.4 Å². The summed E-state index contributed by atoms with van der Waals surface area (Å²) in [5.41, 5.74) is 1.37. The van der Waals surface area contributed by atoms with Crippen LogP contribution in [0.2, 0.25) is 5.02 Å². The van der Waals surface area contributed by atoms with Crippen molar-refractivity contribution in [3.8, 4) is 0 Å². The van der Waals surface area contributed by atoms with Gasteiger partial charge in [-0.3, -0.25) is 0 Å². The van der Waals surface area contributed by atoms with Crippen LogP contribution in [-0.2, 0) is 16.6 Å². The van der Waals surface area contributed by atoms with Gasteiger partial charge in [-0.1, -0.05) is 17.7 Å². The van der Waals surface area contributed by atoms with Crippen molar-refractivity contribution in [3.63, 3.8) is 0 Å². The van der Waals surface area contributed by atoms with E-state index in [2.05, 4.69) is 14.7 Å². The second-order valence-corrected chi connectivity index (χ2v) is 7.18.